The van der Waals surface area contributed by atoms with Crippen LogP contribution >= 0.6 is 11.6 Å². The van der Waals surface area contributed by atoms with Crippen molar-refractivity contribution in [2.45, 2.75) is 19.4 Å². The van der Waals surface area contributed by atoms with E-state index in [4.69, 9.17) is 27.2 Å². The summed E-state index contributed by atoms with van der Waals surface area (Å²) in [5.74, 6) is -1.03. The Bertz CT molecular complexity index is 448. The third-order valence-corrected chi connectivity index (χ3v) is 2.89. The van der Waals surface area contributed by atoms with Gasteiger partial charge in [-0.2, -0.15) is 0 Å². The van der Waals surface area contributed by atoms with Crippen LogP contribution in [0.5, 0.6) is 11.5 Å². The fourth-order valence-electron chi connectivity index (χ4n) is 1.63. The van der Waals surface area contributed by atoms with E-state index in [1.807, 2.05) is 0 Å². The Balaban J connectivity index is 3.30. The lowest BCUT2D eigenvalue weighted by atomic mass is 9.97. The molecule has 17 heavy (non-hydrogen) atoms. The summed E-state index contributed by atoms with van der Waals surface area (Å²) in [4.78, 5) is 10.6. The predicted molar refractivity (Wildman–Crippen MR) is 63.6 cm³/mol. The Morgan fingerprint density at radius 1 is 1.65 bits per heavy atom. The second-order valence-electron chi connectivity index (χ2n) is 3.65. The summed E-state index contributed by atoms with van der Waals surface area (Å²) in [6.07, 6.45) is -0.294. The average Bonchev–Trinajstić information content (AvgIpc) is 2.22. The zero-order valence-electron chi connectivity index (χ0n) is 9.53. The summed E-state index contributed by atoms with van der Waals surface area (Å²) in [6.45, 7) is 1.67. The summed E-state index contributed by atoms with van der Waals surface area (Å²) in [5.41, 5.74) is 6.59. The SMILES string of the molecule is COc1cc(Cl)c(C)c(C(N)CC(=O)O)c1O. The number of carboxylic acids is 1. The van der Waals surface area contributed by atoms with Crippen LogP contribution in [0, 0.1) is 6.92 Å². The molecule has 0 radical (unpaired) electrons. The van der Waals surface area contributed by atoms with Gasteiger partial charge >= 0.3 is 5.97 Å². The van der Waals surface area contributed by atoms with E-state index in [1.54, 1.807) is 6.92 Å². The normalized spacial score (nSPS) is 12.2. The number of aliphatic carboxylic acids is 1. The Kier molecular flexibility index (Phi) is 4.20. The van der Waals surface area contributed by atoms with Crippen LogP contribution in [-0.4, -0.2) is 23.3 Å². The summed E-state index contributed by atoms with van der Waals surface area (Å²) in [6, 6.07) is 0.628. The third kappa shape index (κ3) is 2.81. The van der Waals surface area contributed by atoms with Crippen molar-refractivity contribution in [2.75, 3.05) is 7.11 Å². The summed E-state index contributed by atoms with van der Waals surface area (Å²) < 4.78 is 4.94. The van der Waals surface area contributed by atoms with Crippen LogP contribution in [-0.2, 0) is 4.79 Å². The van der Waals surface area contributed by atoms with Gasteiger partial charge in [-0.1, -0.05) is 11.6 Å². The molecule has 1 rings (SSSR count). The lowest BCUT2D eigenvalue weighted by Gasteiger charge is -2.18. The molecule has 0 bridgehead atoms. The molecule has 0 fully saturated rings. The van der Waals surface area contributed by atoms with Gasteiger partial charge in [-0.05, 0) is 12.5 Å². The van der Waals surface area contributed by atoms with Crippen LogP contribution in [0.3, 0.4) is 0 Å². The van der Waals surface area contributed by atoms with Crippen molar-refractivity contribution in [2.24, 2.45) is 5.73 Å². The van der Waals surface area contributed by atoms with Crippen molar-refractivity contribution in [3.05, 3.63) is 22.2 Å². The van der Waals surface area contributed by atoms with Crippen molar-refractivity contribution in [1.29, 1.82) is 0 Å². The quantitative estimate of drug-likeness (QED) is 0.767. The third-order valence-electron chi connectivity index (χ3n) is 2.49. The standard InChI is InChI=1S/C11H14ClNO4/c1-5-6(12)3-8(17-2)11(16)10(5)7(13)4-9(14)15/h3,7,16H,4,13H2,1-2H3,(H,14,15). The molecule has 1 atom stereocenters. The van der Waals surface area contributed by atoms with E-state index in [0.717, 1.165) is 0 Å². The van der Waals surface area contributed by atoms with Crippen LogP contribution in [0.15, 0.2) is 6.07 Å². The van der Waals surface area contributed by atoms with E-state index in [-0.39, 0.29) is 17.9 Å². The molecule has 0 amide bonds. The summed E-state index contributed by atoms with van der Waals surface area (Å²) >= 11 is 5.96. The van der Waals surface area contributed by atoms with Gasteiger partial charge in [-0.25, -0.2) is 0 Å². The molecule has 6 heteroatoms. The summed E-state index contributed by atoms with van der Waals surface area (Å²) in [5, 5.41) is 19.0. The molecule has 0 heterocycles. The van der Waals surface area contributed by atoms with Gasteiger partial charge < -0.3 is 20.7 Å². The highest BCUT2D eigenvalue weighted by Crippen LogP contribution is 2.40. The molecule has 0 aliphatic heterocycles. The number of methoxy groups -OCH3 is 1. The number of hydrogen-bond donors (Lipinski definition) is 3. The summed E-state index contributed by atoms with van der Waals surface area (Å²) in [7, 11) is 1.38. The number of aromatic hydroxyl groups is 1. The highest BCUT2D eigenvalue weighted by atomic mass is 35.5. The van der Waals surface area contributed by atoms with Crippen molar-refractivity contribution in [3.63, 3.8) is 0 Å². The van der Waals surface area contributed by atoms with Crippen LogP contribution in [0.4, 0.5) is 0 Å². The molecule has 1 aromatic rings. The van der Waals surface area contributed by atoms with Crippen LogP contribution in [0.2, 0.25) is 5.02 Å². The number of rotatable bonds is 4. The highest BCUT2D eigenvalue weighted by molar-refractivity contribution is 6.31. The van der Waals surface area contributed by atoms with Gasteiger partial charge in [0.25, 0.3) is 0 Å². The van der Waals surface area contributed by atoms with E-state index in [1.165, 1.54) is 13.2 Å². The molecule has 0 spiro atoms. The number of carbonyl (C=O) groups is 1. The van der Waals surface area contributed by atoms with Gasteiger partial charge in [0.05, 0.1) is 13.5 Å². The van der Waals surface area contributed by atoms with Crippen LogP contribution in [0.1, 0.15) is 23.6 Å². The van der Waals surface area contributed by atoms with E-state index in [9.17, 15) is 9.90 Å². The fourth-order valence-corrected chi connectivity index (χ4v) is 1.83. The smallest absolute Gasteiger partial charge is 0.305 e. The molecule has 1 aromatic carbocycles. The maximum atomic E-state index is 10.6. The zero-order valence-corrected chi connectivity index (χ0v) is 10.3. The number of hydrogen-bond acceptors (Lipinski definition) is 4. The van der Waals surface area contributed by atoms with E-state index >= 15 is 0 Å². The Morgan fingerprint density at radius 2 is 2.24 bits per heavy atom. The predicted octanol–water partition coefficient (Wildman–Crippen LogP) is 1.84. The fraction of sp³-hybridized carbons (Fsp3) is 0.364. The van der Waals surface area contributed by atoms with Gasteiger partial charge in [-0.3, -0.25) is 4.79 Å². The zero-order chi connectivity index (χ0) is 13.2. The number of benzene rings is 1. The van der Waals surface area contributed by atoms with Gasteiger partial charge in [0.1, 0.15) is 0 Å². The lowest BCUT2D eigenvalue weighted by molar-refractivity contribution is -0.137. The maximum Gasteiger partial charge on any atom is 0.305 e. The van der Waals surface area contributed by atoms with Crippen LogP contribution in [0.25, 0.3) is 0 Å². The largest absolute Gasteiger partial charge is 0.504 e. The second kappa shape index (κ2) is 5.25. The number of nitrogens with two attached hydrogens (primary N) is 1. The van der Waals surface area contributed by atoms with Gasteiger partial charge in [-0.15, -0.1) is 0 Å². The van der Waals surface area contributed by atoms with Crippen LogP contribution < -0.4 is 10.5 Å². The first-order chi connectivity index (χ1) is 7.88. The van der Waals surface area contributed by atoms with E-state index in [2.05, 4.69) is 0 Å². The first-order valence-corrected chi connectivity index (χ1v) is 5.29. The molecule has 0 saturated carbocycles. The molecular formula is C11H14ClNO4. The highest BCUT2D eigenvalue weighted by Gasteiger charge is 2.21. The average molecular weight is 260 g/mol. The molecule has 0 aliphatic carbocycles. The van der Waals surface area contributed by atoms with Crippen molar-refractivity contribution in [1.82, 2.24) is 0 Å². The number of carboxylic acid groups (broad SMARTS) is 1. The lowest BCUT2D eigenvalue weighted by Crippen LogP contribution is -2.16. The van der Waals surface area contributed by atoms with Crippen molar-refractivity contribution < 1.29 is 19.7 Å². The molecular weight excluding hydrogens is 246 g/mol. The number of ether oxygens (including phenoxy) is 1. The monoisotopic (exact) mass is 259 g/mol. The minimum Gasteiger partial charge on any atom is -0.504 e. The van der Waals surface area contributed by atoms with Gasteiger partial charge in [0.15, 0.2) is 11.5 Å². The molecule has 1 unspecified atom stereocenters. The number of phenols is 1. The molecule has 94 valence electrons. The van der Waals surface area contributed by atoms with Crippen molar-refractivity contribution in [3.8, 4) is 11.5 Å². The molecule has 4 N–H and O–H groups in total. The second-order valence-corrected chi connectivity index (χ2v) is 4.06. The topological polar surface area (TPSA) is 92.8 Å². The molecule has 0 aliphatic rings. The van der Waals surface area contributed by atoms with E-state index in [0.29, 0.717) is 16.1 Å². The van der Waals surface area contributed by atoms with E-state index < -0.39 is 12.0 Å². The van der Waals surface area contributed by atoms with Crippen molar-refractivity contribution >= 4 is 17.6 Å². The molecule has 0 aromatic heterocycles. The Labute approximate surface area is 104 Å². The first-order valence-electron chi connectivity index (χ1n) is 4.91. The minimum atomic E-state index is -1.05. The molecule has 0 saturated heterocycles. The maximum absolute atomic E-state index is 10.6. The molecule has 5 nitrogen and oxygen atoms in total. The number of phenolic OH excluding ortho intramolecular Hbond substituents is 1. The minimum absolute atomic E-state index is 0.164. The van der Waals surface area contributed by atoms with Gasteiger partial charge in [0, 0.05) is 22.7 Å². The first kappa shape index (κ1) is 13.6. The van der Waals surface area contributed by atoms with Gasteiger partial charge in [0.2, 0.25) is 0 Å². The number of halogens is 1. The Hall–Kier alpha value is -1.46. The Morgan fingerprint density at radius 3 is 2.71 bits per heavy atom.